The van der Waals surface area contributed by atoms with E-state index in [1.54, 1.807) is 18.2 Å². The van der Waals surface area contributed by atoms with Gasteiger partial charge < -0.3 is 4.90 Å². The summed E-state index contributed by atoms with van der Waals surface area (Å²) in [7, 11) is -12.3. The van der Waals surface area contributed by atoms with E-state index >= 15 is 0 Å². The summed E-state index contributed by atoms with van der Waals surface area (Å²) in [4.78, 5) is 12.5. The molecule has 16 heteroatoms. The Labute approximate surface area is 284 Å². The van der Waals surface area contributed by atoms with Crippen LogP contribution in [0, 0.1) is 0 Å². The molecule has 0 aliphatic carbocycles. The first-order chi connectivity index (χ1) is 23.3. The van der Waals surface area contributed by atoms with Crippen LogP contribution in [0.4, 0.5) is 17.1 Å². The van der Waals surface area contributed by atoms with Crippen LogP contribution < -0.4 is 4.90 Å². The quantitative estimate of drug-likeness (QED) is 0.165. The van der Waals surface area contributed by atoms with E-state index in [-0.39, 0.29) is 15.1 Å². The molecule has 3 N–H and O–H groups in total. The maximum atomic E-state index is 10.3. The maximum Gasteiger partial charge on any atom is 0.312 e. The first-order valence-electron chi connectivity index (χ1n) is 13.9. The molecule has 0 aliphatic heterocycles. The number of anilines is 3. The third-order valence-corrected chi connectivity index (χ3v) is 8.06. The number of rotatable bonds is 6. The molecule has 0 unspecified atom stereocenters. The van der Waals surface area contributed by atoms with E-state index in [9.17, 15) is 25.3 Å². The molecule has 0 saturated heterocycles. The minimum Gasteiger partial charge on any atom is -0.311 e. The molecule has 0 aliphatic rings. The molecule has 3 aromatic heterocycles. The summed E-state index contributed by atoms with van der Waals surface area (Å²) in [5.41, 5.74) is 3.50. The number of pyridine rings is 3. The van der Waals surface area contributed by atoms with Crippen molar-refractivity contribution in [1.82, 2.24) is 15.0 Å². The van der Waals surface area contributed by atoms with Gasteiger partial charge >= 0.3 is 30.4 Å². The van der Waals surface area contributed by atoms with E-state index in [4.69, 9.17) is 13.7 Å². The second-order valence-electron chi connectivity index (χ2n) is 9.27. The summed E-state index contributed by atoms with van der Waals surface area (Å²) in [6, 6.07) is 44.0. The smallest absolute Gasteiger partial charge is 0.311 e. The molecule has 6 aromatic rings. The Morgan fingerprint density at radius 2 is 0.571 bits per heavy atom. The van der Waals surface area contributed by atoms with Crippen molar-refractivity contribution in [2.24, 2.45) is 0 Å². The molecule has 0 saturated carbocycles. The molecule has 13 nitrogen and oxygen atoms in total. The van der Waals surface area contributed by atoms with Crippen molar-refractivity contribution in [1.29, 1.82) is 0 Å². The van der Waals surface area contributed by atoms with Gasteiger partial charge in [0.15, 0.2) is 15.1 Å². The van der Waals surface area contributed by atoms with Crippen LogP contribution in [0.2, 0.25) is 0 Å². The standard InChI is InChI=1S/C18H15N.3C5H5NO3S/c1-4-10-16(11-5-1)19(17-12-6-2-7-13-17)18-14-8-3-9-15-18;3*7-10(8,9)5-3-1-2-4-6-5/h1-15H;3*1-4H,(H,7,8,9). The molecule has 0 radical (unpaired) electrons. The van der Waals surface area contributed by atoms with Gasteiger partial charge in [0.2, 0.25) is 0 Å². The van der Waals surface area contributed by atoms with Gasteiger partial charge in [-0.1, -0.05) is 72.8 Å². The Hall–Kier alpha value is -5.36. The average molecular weight is 723 g/mol. The predicted molar refractivity (Wildman–Crippen MR) is 183 cm³/mol. The van der Waals surface area contributed by atoms with Crippen LogP contribution in [-0.2, 0) is 30.4 Å². The summed E-state index contributed by atoms with van der Waals surface area (Å²) in [6.45, 7) is 0. The third kappa shape index (κ3) is 13.3. The monoisotopic (exact) mass is 722 g/mol. The Kier molecular flexibility index (Phi) is 14.2. The van der Waals surface area contributed by atoms with Gasteiger partial charge in [-0.05, 0) is 72.8 Å². The largest absolute Gasteiger partial charge is 0.312 e. The van der Waals surface area contributed by atoms with Crippen LogP contribution in [0.25, 0.3) is 0 Å². The minimum atomic E-state index is -4.11. The lowest BCUT2D eigenvalue weighted by Gasteiger charge is -2.25. The molecular formula is C33H30N4O9S3. The number of hydrogen-bond donors (Lipinski definition) is 3. The summed E-state index contributed by atoms with van der Waals surface area (Å²) in [5.74, 6) is 0. The van der Waals surface area contributed by atoms with E-state index < -0.39 is 30.4 Å². The number of hydrogen-bond acceptors (Lipinski definition) is 10. The lowest BCUT2D eigenvalue weighted by molar-refractivity contribution is 0.477. The van der Waals surface area contributed by atoms with Gasteiger partial charge in [-0.15, -0.1) is 0 Å². The molecule has 254 valence electrons. The van der Waals surface area contributed by atoms with E-state index in [1.165, 1.54) is 72.1 Å². The van der Waals surface area contributed by atoms with Gasteiger partial charge in [0.25, 0.3) is 0 Å². The summed E-state index contributed by atoms with van der Waals surface area (Å²) in [5, 5.41) is -0.972. The maximum absolute atomic E-state index is 10.3. The van der Waals surface area contributed by atoms with Crippen molar-refractivity contribution in [3.05, 3.63) is 164 Å². The van der Waals surface area contributed by atoms with E-state index in [0.29, 0.717) is 0 Å². The molecule has 3 heterocycles. The van der Waals surface area contributed by atoms with Gasteiger partial charge in [0.05, 0.1) is 0 Å². The van der Waals surface area contributed by atoms with Gasteiger partial charge in [-0.3, -0.25) is 13.7 Å². The Balaban J connectivity index is 0.000000187. The van der Waals surface area contributed by atoms with E-state index in [0.717, 1.165) is 0 Å². The molecule has 0 bridgehead atoms. The molecule has 49 heavy (non-hydrogen) atoms. The zero-order chi connectivity index (χ0) is 35.8. The third-order valence-electron chi connectivity index (χ3n) is 5.75. The normalized spacial score (nSPS) is 10.8. The van der Waals surface area contributed by atoms with E-state index in [1.807, 2.05) is 18.2 Å². The average Bonchev–Trinajstić information content (AvgIpc) is 3.11. The Morgan fingerprint density at radius 3 is 0.735 bits per heavy atom. The molecule has 0 spiro atoms. The predicted octanol–water partition coefficient (Wildman–Crippen LogP) is 6.14. The number of nitrogens with zero attached hydrogens (tertiary/aromatic N) is 4. The topological polar surface area (TPSA) is 205 Å². The summed E-state index contributed by atoms with van der Waals surface area (Å²) >= 11 is 0. The zero-order valence-electron chi connectivity index (χ0n) is 25.4. The highest BCUT2D eigenvalue weighted by Gasteiger charge is 2.11. The Morgan fingerprint density at radius 1 is 0.347 bits per heavy atom. The Bertz CT molecular complexity index is 1920. The number of benzene rings is 3. The number of aromatic nitrogens is 3. The summed E-state index contributed by atoms with van der Waals surface area (Å²) < 4.78 is 87.2. The second-order valence-corrected chi connectivity index (χ2v) is 13.4. The first kappa shape index (κ1) is 38.1. The SMILES string of the molecule is O=S(=O)(O)c1ccccn1.O=S(=O)(O)c1ccccn1.O=S(=O)(O)c1ccccn1.c1ccc(N(c2ccccc2)c2ccccc2)cc1. The van der Waals surface area contributed by atoms with E-state index in [2.05, 4.69) is 92.6 Å². The van der Waals surface area contributed by atoms with Gasteiger partial charge in [-0.2, -0.15) is 25.3 Å². The van der Waals surface area contributed by atoms with Crippen LogP contribution in [-0.4, -0.2) is 53.9 Å². The van der Waals surface area contributed by atoms with Crippen molar-refractivity contribution < 1.29 is 38.9 Å². The fraction of sp³-hybridized carbons (Fsp3) is 0. The van der Waals surface area contributed by atoms with Crippen LogP contribution in [0.15, 0.2) is 179 Å². The molecular weight excluding hydrogens is 693 g/mol. The van der Waals surface area contributed by atoms with Crippen molar-refractivity contribution >= 4 is 47.4 Å². The van der Waals surface area contributed by atoms with Gasteiger partial charge in [0, 0.05) is 35.7 Å². The van der Waals surface area contributed by atoms with Crippen LogP contribution in [0.3, 0.4) is 0 Å². The fourth-order valence-electron chi connectivity index (χ4n) is 3.68. The molecule has 6 rings (SSSR count). The van der Waals surface area contributed by atoms with Crippen LogP contribution >= 0.6 is 0 Å². The van der Waals surface area contributed by atoms with Crippen LogP contribution in [0.1, 0.15) is 0 Å². The molecule has 3 aromatic carbocycles. The molecule has 0 amide bonds. The lowest BCUT2D eigenvalue weighted by Crippen LogP contribution is -2.09. The second kappa shape index (κ2) is 18.3. The van der Waals surface area contributed by atoms with Gasteiger partial charge in [0.1, 0.15) is 0 Å². The van der Waals surface area contributed by atoms with Gasteiger partial charge in [-0.25, -0.2) is 15.0 Å². The summed E-state index contributed by atoms with van der Waals surface area (Å²) in [6.07, 6.45) is 3.88. The van der Waals surface area contributed by atoms with Crippen LogP contribution in [0.5, 0.6) is 0 Å². The van der Waals surface area contributed by atoms with Crippen molar-refractivity contribution in [3.8, 4) is 0 Å². The van der Waals surface area contributed by atoms with Crippen molar-refractivity contribution in [2.45, 2.75) is 15.1 Å². The highest BCUT2D eigenvalue weighted by atomic mass is 32.2. The zero-order valence-corrected chi connectivity index (χ0v) is 27.8. The van der Waals surface area contributed by atoms with Crippen molar-refractivity contribution in [3.63, 3.8) is 0 Å². The highest BCUT2D eigenvalue weighted by molar-refractivity contribution is 7.86. The molecule has 0 atom stereocenters. The lowest BCUT2D eigenvalue weighted by atomic mass is 10.2. The van der Waals surface area contributed by atoms with Crippen molar-refractivity contribution in [2.75, 3.05) is 4.90 Å². The number of para-hydroxylation sites is 3. The first-order valence-corrected chi connectivity index (χ1v) is 18.2. The minimum absolute atomic E-state index is 0.324. The molecule has 0 fully saturated rings. The fourth-order valence-corrected chi connectivity index (χ4v) is 5.01. The highest BCUT2D eigenvalue weighted by Crippen LogP contribution is 2.33.